The summed E-state index contributed by atoms with van der Waals surface area (Å²) in [4.78, 5) is 15.4. The maximum absolute atomic E-state index is 12.1. The molecule has 0 bridgehead atoms. The van der Waals surface area contributed by atoms with Crippen LogP contribution in [0.2, 0.25) is 0 Å². The van der Waals surface area contributed by atoms with Crippen molar-refractivity contribution >= 4 is 11.6 Å². The van der Waals surface area contributed by atoms with E-state index in [-0.39, 0.29) is 22.7 Å². The number of amides is 1. The van der Waals surface area contributed by atoms with Crippen molar-refractivity contribution in [3.05, 3.63) is 42.1 Å². The summed E-state index contributed by atoms with van der Waals surface area (Å²) in [5, 5.41) is 0. The zero-order valence-corrected chi connectivity index (χ0v) is 10.5. The first-order chi connectivity index (χ1) is 9.78. The van der Waals surface area contributed by atoms with E-state index in [1.54, 1.807) is 0 Å². The molecule has 0 aliphatic carbocycles. The number of ether oxygens (including phenoxy) is 1. The van der Waals surface area contributed by atoms with Crippen LogP contribution in [0.3, 0.4) is 0 Å². The Kier molecular flexibility index (Phi) is 3.70. The Bertz CT molecular complexity index is 669. The minimum Gasteiger partial charge on any atom is -0.406 e. The number of carbonyl (C=O) groups excluding carboxylic acids is 1. The van der Waals surface area contributed by atoms with Crippen molar-refractivity contribution in [2.45, 2.75) is 6.36 Å². The first-order valence-electron chi connectivity index (χ1n) is 5.68. The number of hydrogen-bond acceptors (Lipinski definition) is 4. The summed E-state index contributed by atoms with van der Waals surface area (Å²) in [5.41, 5.74) is 11.6. The highest BCUT2D eigenvalue weighted by Crippen LogP contribution is 2.28. The van der Waals surface area contributed by atoms with E-state index in [0.29, 0.717) is 5.56 Å². The Morgan fingerprint density at radius 1 is 1.14 bits per heavy atom. The van der Waals surface area contributed by atoms with E-state index < -0.39 is 12.3 Å². The number of aromatic nitrogens is 1. The number of halogens is 3. The van der Waals surface area contributed by atoms with Gasteiger partial charge >= 0.3 is 6.36 Å². The summed E-state index contributed by atoms with van der Waals surface area (Å²) in [6, 6.07) is 6.28. The van der Waals surface area contributed by atoms with Gasteiger partial charge in [-0.25, -0.2) is 0 Å². The first-order valence-corrected chi connectivity index (χ1v) is 5.68. The molecule has 1 amide bonds. The van der Waals surface area contributed by atoms with Crippen molar-refractivity contribution in [3.8, 4) is 17.0 Å². The second-order valence-corrected chi connectivity index (χ2v) is 4.06. The lowest BCUT2D eigenvalue weighted by atomic mass is 10.0. The fraction of sp³-hybridized carbons (Fsp3) is 0.0769. The summed E-state index contributed by atoms with van der Waals surface area (Å²) in [6.07, 6.45) is -3.40. The topological polar surface area (TPSA) is 91.2 Å². The number of nitrogen functional groups attached to an aromatic ring is 1. The number of nitrogens with zero attached hydrogens (tertiary/aromatic N) is 1. The van der Waals surface area contributed by atoms with Crippen LogP contribution in [0.4, 0.5) is 18.9 Å². The lowest BCUT2D eigenvalue weighted by Crippen LogP contribution is -2.17. The van der Waals surface area contributed by atoms with E-state index in [1.807, 2.05) is 0 Å². The number of pyridine rings is 1. The van der Waals surface area contributed by atoms with Gasteiger partial charge in [-0.3, -0.25) is 9.78 Å². The molecule has 5 nitrogen and oxygen atoms in total. The van der Waals surface area contributed by atoms with Gasteiger partial charge in [0.15, 0.2) is 0 Å². The molecule has 0 spiro atoms. The Morgan fingerprint density at radius 3 is 2.29 bits per heavy atom. The third-order valence-electron chi connectivity index (χ3n) is 2.59. The number of primary amides is 1. The van der Waals surface area contributed by atoms with Crippen molar-refractivity contribution in [2.24, 2.45) is 5.73 Å². The molecule has 0 saturated carbocycles. The molecule has 4 N–H and O–H groups in total. The molecule has 0 atom stereocenters. The number of benzene rings is 1. The maximum atomic E-state index is 12.1. The molecule has 110 valence electrons. The molecule has 2 rings (SSSR count). The standard InChI is InChI=1S/C13H10F3N3O2/c14-13(15,16)21-8-3-1-7(2-4-8)11-10(12(18)20)9(17)5-6-19-11/h1-6H,(H2,17,19)(H2,18,20). The molecular formula is C13H10F3N3O2. The number of hydrogen-bond donors (Lipinski definition) is 2. The predicted octanol–water partition coefficient (Wildman–Crippen LogP) is 2.33. The smallest absolute Gasteiger partial charge is 0.406 e. The van der Waals surface area contributed by atoms with Crippen molar-refractivity contribution < 1.29 is 22.7 Å². The monoisotopic (exact) mass is 297 g/mol. The van der Waals surface area contributed by atoms with E-state index in [4.69, 9.17) is 11.5 Å². The van der Waals surface area contributed by atoms with Gasteiger partial charge in [-0.05, 0) is 30.3 Å². The Balaban J connectivity index is 2.40. The summed E-state index contributed by atoms with van der Waals surface area (Å²) < 4.78 is 40.0. The van der Waals surface area contributed by atoms with Gasteiger partial charge in [-0.2, -0.15) is 0 Å². The quantitative estimate of drug-likeness (QED) is 0.909. The van der Waals surface area contributed by atoms with Gasteiger partial charge in [0.2, 0.25) is 0 Å². The van der Waals surface area contributed by atoms with Gasteiger partial charge in [0.1, 0.15) is 5.75 Å². The SMILES string of the molecule is NC(=O)c1c(N)ccnc1-c1ccc(OC(F)(F)F)cc1. The highest BCUT2D eigenvalue weighted by Gasteiger charge is 2.31. The minimum absolute atomic E-state index is 0.0157. The van der Waals surface area contributed by atoms with Crippen LogP contribution in [-0.4, -0.2) is 17.3 Å². The van der Waals surface area contributed by atoms with E-state index in [2.05, 4.69) is 9.72 Å². The van der Waals surface area contributed by atoms with Crippen LogP contribution in [0.25, 0.3) is 11.3 Å². The normalized spacial score (nSPS) is 11.2. The largest absolute Gasteiger partial charge is 0.573 e. The van der Waals surface area contributed by atoms with Crippen LogP contribution in [-0.2, 0) is 0 Å². The highest BCUT2D eigenvalue weighted by molar-refractivity contribution is 6.03. The average molecular weight is 297 g/mol. The minimum atomic E-state index is -4.77. The van der Waals surface area contributed by atoms with Gasteiger partial charge in [0.25, 0.3) is 5.91 Å². The van der Waals surface area contributed by atoms with Gasteiger partial charge in [0.05, 0.1) is 11.3 Å². The Labute approximate surface area is 117 Å². The molecule has 0 unspecified atom stereocenters. The van der Waals surface area contributed by atoms with Crippen LogP contribution in [0.5, 0.6) is 5.75 Å². The van der Waals surface area contributed by atoms with E-state index in [0.717, 1.165) is 12.1 Å². The molecule has 1 aromatic carbocycles. The summed E-state index contributed by atoms with van der Waals surface area (Å²) in [5.74, 6) is -1.15. The predicted molar refractivity (Wildman–Crippen MR) is 69.3 cm³/mol. The Morgan fingerprint density at radius 2 is 1.76 bits per heavy atom. The summed E-state index contributed by atoms with van der Waals surface area (Å²) >= 11 is 0. The lowest BCUT2D eigenvalue weighted by Gasteiger charge is -2.11. The van der Waals surface area contributed by atoms with Crippen molar-refractivity contribution in [3.63, 3.8) is 0 Å². The molecule has 0 radical (unpaired) electrons. The van der Waals surface area contributed by atoms with Gasteiger partial charge in [-0.1, -0.05) is 0 Å². The zero-order chi connectivity index (χ0) is 15.6. The zero-order valence-electron chi connectivity index (χ0n) is 10.5. The summed E-state index contributed by atoms with van der Waals surface area (Å²) in [6.45, 7) is 0. The lowest BCUT2D eigenvalue weighted by molar-refractivity contribution is -0.274. The molecule has 0 fully saturated rings. The van der Waals surface area contributed by atoms with Crippen molar-refractivity contribution in [1.29, 1.82) is 0 Å². The Hall–Kier alpha value is -2.77. The molecule has 1 heterocycles. The third-order valence-corrected chi connectivity index (χ3v) is 2.59. The van der Waals surface area contributed by atoms with Crippen LogP contribution in [0.15, 0.2) is 36.5 Å². The molecule has 0 aliphatic heterocycles. The van der Waals surface area contributed by atoms with Crippen LogP contribution in [0.1, 0.15) is 10.4 Å². The van der Waals surface area contributed by atoms with E-state index in [9.17, 15) is 18.0 Å². The molecule has 0 saturated heterocycles. The second-order valence-electron chi connectivity index (χ2n) is 4.06. The fourth-order valence-corrected chi connectivity index (χ4v) is 1.77. The average Bonchev–Trinajstić information content (AvgIpc) is 2.37. The third kappa shape index (κ3) is 3.41. The van der Waals surface area contributed by atoms with Crippen LogP contribution < -0.4 is 16.2 Å². The second kappa shape index (κ2) is 5.31. The number of rotatable bonds is 3. The van der Waals surface area contributed by atoms with E-state index in [1.165, 1.54) is 24.4 Å². The van der Waals surface area contributed by atoms with Gasteiger partial charge in [0, 0.05) is 17.4 Å². The summed E-state index contributed by atoms with van der Waals surface area (Å²) in [7, 11) is 0. The number of anilines is 1. The van der Waals surface area contributed by atoms with Crippen molar-refractivity contribution in [1.82, 2.24) is 4.98 Å². The molecule has 1 aromatic heterocycles. The van der Waals surface area contributed by atoms with Crippen LogP contribution >= 0.6 is 0 Å². The van der Waals surface area contributed by atoms with E-state index >= 15 is 0 Å². The molecule has 8 heteroatoms. The molecule has 0 aliphatic rings. The fourth-order valence-electron chi connectivity index (χ4n) is 1.77. The van der Waals surface area contributed by atoms with Crippen molar-refractivity contribution in [2.75, 3.05) is 5.73 Å². The van der Waals surface area contributed by atoms with Crippen LogP contribution in [0, 0.1) is 0 Å². The highest BCUT2D eigenvalue weighted by atomic mass is 19.4. The molecule has 2 aromatic rings. The maximum Gasteiger partial charge on any atom is 0.573 e. The number of nitrogens with two attached hydrogens (primary N) is 2. The molecule has 21 heavy (non-hydrogen) atoms. The number of carbonyl (C=O) groups is 1. The van der Waals surface area contributed by atoms with Gasteiger partial charge in [-0.15, -0.1) is 13.2 Å². The first kappa shape index (κ1) is 14.6. The number of alkyl halides is 3. The molecular weight excluding hydrogens is 287 g/mol. The van der Waals surface area contributed by atoms with Gasteiger partial charge < -0.3 is 16.2 Å².